The summed E-state index contributed by atoms with van der Waals surface area (Å²) in [5.41, 5.74) is 0.639. The molecule has 0 aromatic carbocycles. The molecule has 7 heteroatoms. The summed E-state index contributed by atoms with van der Waals surface area (Å²) in [5.74, 6) is -0.195. The normalized spacial score (nSPS) is 10.4. The fourth-order valence-corrected chi connectivity index (χ4v) is 1.38. The van der Waals surface area contributed by atoms with Gasteiger partial charge in [-0.05, 0) is 6.92 Å². The van der Waals surface area contributed by atoms with Crippen LogP contribution in [0.5, 0.6) is 0 Å². The van der Waals surface area contributed by atoms with E-state index in [0.717, 1.165) is 0 Å². The van der Waals surface area contributed by atoms with Gasteiger partial charge in [-0.15, -0.1) is 0 Å². The third-order valence-electron chi connectivity index (χ3n) is 2.22. The van der Waals surface area contributed by atoms with Crippen LogP contribution < -0.4 is 0 Å². The zero-order chi connectivity index (χ0) is 13.5. The average Bonchev–Trinajstić information content (AvgIpc) is 2.74. The lowest BCUT2D eigenvalue weighted by molar-refractivity contribution is -0.145. The van der Waals surface area contributed by atoms with Crippen LogP contribution in [0, 0.1) is 6.92 Å². The Hall–Kier alpha value is -1.89. The van der Waals surface area contributed by atoms with Crippen molar-refractivity contribution in [2.45, 2.75) is 13.5 Å². The Morgan fingerprint density at radius 1 is 1.28 bits per heavy atom. The zero-order valence-corrected chi connectivity index (χ0v) is 10.6. The molecule has 0 spiro atoms. The van der Waals surface area contributed by atoms with Crippen molar-refractivity contribution in [2.75, 3.05) is 27.3 Å². The van der Waals surface area contributed by atoms with Crippen molar-refractivity contribution in [3.05, 3.63) is 17.5 Å². The topological polar surface area (TPSA) is 81.9 Å². The first-order chi connectivity index (χ1) is 8.55. The first-order valence-electron chi connectivity index (χ1n) is 5.33. The van der Waals surface area contributed by atoms with Crippen molar-refractivity contribution < 1.29 is 23.6 Å². The van der Waals surface area contributed by atoms with E-state index in [1.54, 1.807) is 17.9 Å². The summed E-state index contributed by atoms with van der Waals surface area (Å²) in [6.07, 6.45) is 0. The molecule has 0 bridgehead atoms. The zero-order valence-electron chi connectivity index (χ0n) is 10.6. The number of rotatable bonds is 6. The van der Waals surface area contributed by atoms with Gasteiger partial charge < -0.3 is 14.0 Å². The smallest absolute Gasteiger partial charge is 0.319 e. The van der Waals surface area contributed by atoms with Gasteiger partial charge in [0.25, 0.3) is 0 Å². The number of aromatic nitrogens is 1. The first-order valence-corrected chi connectivity index (χ1v) is 5.33. The van der Waals surface area contributed by atoms with E-state index in [2.05, 4.69) is 14.6 Å². The molecule has 7 nitrogen and oxygen atoms in total. The number of carbonyl (C=O) groups is 2. The highest BCUT2D eigenvalue weighted by atomic mass is 16.5. The molecule has 1 aromatic rings. The molecule has 100 valence electrons. The number of aryl methyl sites for hydroxylation is 1. The third-order valence-corrected chi connectivity index (χ3v) is 2.22. The summed E-state index contributed by atoms with van der Waals surface area (Å²) < 4.78 is 14.0. The quantitative estimate of drug-likeness (QED) is 0.669. The van der Waals surface area contributed by atoms with E-state index >= 15 is 0 Å². The summed E-state index contributed by atoms with van der Waals surface area (Å²) in [7, 11) is 2.58. The number of ether oxygens (including phenoxy) is 2. The lowest BCUT2D eigenvalue weighted by atomic mass is 10.3. The van der Waals surface area contributed by atoms with Gasteiger partial charge >= 0.3 is 11.9 Å². The summed E-state index contributed by atoms with van der Waals surface area (Å²) in [6, 6.07) is 1.74. The SMILES string of the molecule is COC(=O)CN(CC(=O)OC)Cc1cc(C)on1. The van der Waals surface area contributed by atoms with Crippen LogP contribution in [-0.4, -0.2) is 49.3 Å². The molecule has 18 heavy (non-hydrogen) atoms. The van der Waals surface area contributed by atoms with E-state index in [1.807, 2.05) is 0 Å². The monoisotopic (exact) mass is 256 g/mol. The van der Waals surface area contributed by atoms with Gasteiger partial charge in [0.2, 0.25) is 0 Å². The predicted molar refractivity (Wildman–Crippen MR) is 60.5 cm³/mol. The number of carbonyl (C=O) groups excluding carboxylic acids is 2. The van der Waals surface area contributed by atoms with Gasteiger partial charge in [0, 0.05) is 12.6 Å². The fourth-order valence-electron chi connectivity index (χ4n) is 1.38. The van der Waals surface area contributed by atoms with Crippen molar-refractivity contribution in [1.82, 2.24) is 10.1 Å². The van der Waals surface area contributed by atoms with Crippen molar-refractivity contribution >= 4 is 11.9 Å². The first kappa shape index (κ1) is 14.2. The molecule has 0 aliphatic heterocycles. The highest BCUT2D eigenvalue weighted by Gasteiger charge is 2.17. The third kappa shape index (κ3) is 4.54. The number of hydrogen-bond donors (Lipinski definition) is 0. The molecule has 0 amide bonds. The molecule has 0 saturated carbocycles. The standard InChI is InChI=1S/C11H16N2O5/c1-8-4-9(12-18-8)5-13(6-10(14)16-2)7-11(15)17-3/h4H,5-7H2,1-3H3. The van der Waals surface area contributed by atoms with E-state index in [1.165, 1.54) is 14.2 Å². The Kier molecular flexibility index (Phi) is 5.31. The number of nitrogens with zero attached hydrogens (tertiary/aromatic N) is 2. The van der Waals surface area contributed by atoms with E-state index in [-0.39, 0.29) is 13.1 Å². The molecule has 1 rings (SSSR count). The van der Waals surface area contributed by atoms with Crippen LogP contribution >= 0.6 is 0 Å². The molecule has 0 aliphatic carbocycles. The van der Waals surface area contributed by atoms with Gasteiger partial charge in [-0.3, -0.25) is 14.5 Å². The minimum absolute atomic E-state index is 0.0164. The second-order valence-electron chi connectivity index (χ2n) is 3.73. The maximum Gasteiger partial charge on any atom is 0.319 e. The van der Waals surface area contributed by atoms with Gasteiger partial charge in [-0.2, -0.15) is 0 Å². The Morgan fingerprint density at radius 2 is 1.83 bits per heavy atom. The molecule has 0 saturated heterocycles. The Morgan fingerprint density at radius 3 is 2.22 bits per heavy atom. The maximum absolute atomic E-state index is 11.2. The highest BCUT2D eigenvalue weighted by molar-refractivity contribution is 5.74. The Balaban J connectivity index is 2.64. The highest BCUT2D eigenvalue weighted by Crippen LogP contribution is 2.06. The van der Waals surface area contributed by atoms with Crippen LogP contribution in [0.4, 0.5) is 0 Å². The molecule has 0 radical (unpaired) electrons. The summed E-state index contributed by atoms with van der Waals surface area (Å²) in [4.78, 5) is 24.0. The summed E-state index contributed by atoms with van der Waals surface area (Å²) >= 11 is 0. The van der Waals surface area contributed by atoms with E-state index in [0.29, 0.717) is 18.0 Å². The van der Waals surface area contributed by atoms with Crippen LogP contribution in [0.15, 0.2) is 10.6 Å². The average molecular weight is 256 g/mol. The molecular weight excluding hydrogens is 240 g/mol. The van der Waals surface area contributed by atoms with Gasteiger partial charge in [0.1, 0.15) is 5.76 Å². The largest absolute Gasteiger partial charge is 0.468 e. The lowest BCUT2D eigenvalue weighted by Crippen LogP contribution is -2.35. The lowest BCUT2D eigenvalue weighted by Gasteiger charge is -2.17. The number of esters is 2. The van der Waals surface area contributed by atoms with Crippen LogP contribution in [-0.2, 0) is 25.6 Å². The van der Waals surface area contributed by atoms with Crippen LogP contribution in [0.1, 0.15) is 11.5 Å². The second kappa shape index (κ2) is 6.75. The summed E-state index contributed by atoms with van der Waals surface area (Å²) in [6.45, 7) is 2.04. The molecule has 0 N–H and O–H groups in total. The molecule has 1 aromatic heterocycles. The molecule has 0 aliphatic rings. The van der Waals surface area contributed by atoms with E-state index in [4.69, 9.17) is 4.52 Å². The van der Waals surface area contributed by atoms with Crippen LogP contribution in [0.2, 0.25) is 0 Å². The Bertz CT molecular complexity index is 397. The van der Waals surface area contributed by atoms with Crippen LogP contribution in [0.3, 0.4) is 0 Å². The molecular formula is C11H16N2O5. The maximum atomic E-state index is 11.2. The molecule has 0 fully saturated rings. The minimum Gasteiger partial charge on any atom is -0.468 e. The number of methoxy groups -OCH3 is 2. The number of hydrogen-bond acceptors (Lipinski definition) is 7. The van der Waals surface area contributed by atoms with Gasteiger partial charge in [0.05, 0.1) is 33.0 Å². The van der Waals surface area contributed by atoms with Crippen molar-refractivity contribution in [1.29, 1.82) is 0 Å². The van der Waals surface area contributed by atoms with Crippen molar-refractivity contribution in [3.8, 4) is 0 Å². The minimum atomic E-state index is -0.431. The van der Waals surface area contributed by atoms with E-state index < -0.39 is 11.9 Å². The van der Waals surface area contributed by atoms with Crippen LogP contribution in [0.25, 0.3) is 0 Å². The molecule has 1 heterocycles. The van der Waals surface area contributed by atoms with Gasteiger partial charge in [-0.1, -0.05) is 5.16 Å². The van der Waals surface area contributed by atoms with Gasteiger partial charge in [0.15, 0.2) is 0 Å². The van der Waals surface area contributed by atoms with Crippen molar-refractivity contribution in [3.63, 3.8) is 0 Å². The second-order valence-corrected chi connectivity index (χ2v) is 3.73. The summed E-state index contributed by atoms with van der Waals surface area (Å²) in [5, 5.41) is 3.80. The van der Waals surface area contributed by atoms with E-state index in [9.17, 15) is 9.59 Å². The predicted octanol–water partition coefficient (Wildman–Crippen LogP) is 0.131. The molecule has 0 atom stereocenters. The Labute approximate surface area is 105 Å². The van der Waals surface area contributed by atoms with Crippen molar-refractivity contribution in [2.24, 2.45) is 0 Å². The molecule has 0 unspecified atom stereocenters. The van der Waals surface area contributed by atoms with Gasteiger partial charge in [-0.25, -0.2) is 0 Å². The fraction of sp³-hybridized carbons (Fsp3) is 0.545.